The molecule has 0 spiro atoms. The Labute approximate surface area is 108 Å². The first-order valence-electron chi connectivity index (χ1n) is 4.22. The average Bonchev–Trinajstić information content (AvgIpc) is 1.93. The summed E-state index contributed by atoms with van der Waals surface area (Å²) in [6.07, 6.45) is 0.568. The monoisotopic (exact) mass is 289 g/mol. The Morgan fingerprint density at radius 3 is 1.93 bits per heavy atom. The fourth-order valence-electron chi connectivity index (χ4n) is 1.37. The molecule has 0 aliphatic carbocycles. The lowest BCUT2D eigenvalue weighted by atomic mass is 9.83. The predicted octanol–water partition coefficient (Wildman–Crippen LogP) is 3.14. The first-order valence-corrected chi connectivity index (χ1v) is 6.13. The molecule has 3 nitrogen and oxygen atoms in total. The zero-order valence-corrected chi connectivity index (χ0v) is 11.3. The van der Waals surface area contributed by atoms with Gasteiger partial charge in [-0.3, -0.25) is 9.59 Å². The third kappa shape index (κ3) is 4.02. The Balaban J connectivity index is 2.76. The molecular formula is C8H10Cl3NO2S. The van der Waals surface area contributed by atoms with E-state index in [-0.39, 0.29) is 30.1 Å². The van der Waals surface area contributed by atoms with E-state index in [0.717, 1.165) is 4.31 Å². The Kier molecular flexibility index (Phi) is 3.87. The standard InChI is InChI=1S/C8H10Cl3NO2S/c1-7(2)3-5(13)12(6(14)4-7)15-8(9,10)11/h3-4H2,1-2H3. The number of imide groups is 1. The number of nitrogens with zero attached hydrogens (tertiary/aromatic N) is 1. The van der Waals surface area contributed by atoms with Crippen molar-refractivity contribution in [2.45, 2.75) is 29.8 Å². The summed E-state index contributed by atoms with van der Waals surface area (Å²) in [4.78, 5) is 23.2. The van der Waals surface area contributed by atoms with Gasteiger partial charge in [-0.2, -0.15) is 0 Å². The second kappa shape index (κ2) is 4.32. The summed E-state index contributed by atoms with van der Waals surface area (Å²) in [6.45, 7) is 3.72. The zero-order chi connectivity index (χ0) is 11.9. The molecular weight excluding hydrogens is 281 g/mol. The van der Waals surface area contributed by atoms with Crippen LogP contribution >= 0.6 is 46.8 Å². The molecule has 0 bridgehead atoms. The minimum Gasteiger partial charge on any atom is -0.273 e. The predicted molar refractivity (Wildman–Crippen MR) is 62.7 cm³/mol. The van der Waals surface area contributed by atoms with E-state index in [1.807, 2.05) is 13.8 Å². The number of hydrogen-bond donors (Lipinski definition) is 0. The van der Waals surface area contributed by atoms with Crippen molar-refractivity contribution in [1.82, 2.24) is 4.31 Å². The summed E-state index contributed by atoms with van der Waals surface area (Å²) >= 11 is 17.2. The molecule has 2 amide bonds. The van der Waals surface area contributed by atoms with E-state index in [2.05, 4.69) is 0 Å². The fraction of sp³-hybridized carbons (Fsp3) is 0.750. The Hall–Kier alpha value is 0.360. The van der Waals surface area contributed by atoms with E-state index in [1.165, 1.54) is 0 Å². The molecule has 0 aromatic carbocycles. The summed E-state index contributed by atoms with van der Waals surface area (Å²) in [5.74, 6) is -0.625. The van der Waals surface area contributed by atoms with Crippen LogP contribution in [0.1, 0.15) is 26.7 Å². The van der Waals surface area contributed by atoms with Crippen LogP contribution in [0.15, 0.2) is 0 Å². The van der Waals surface area contributed by atoms with Crippen molar-refractivity contribution in [2.75, 3.05) is 0 Å². The van der Waals surface area contributed by atoms with Crippen LogP contribution in [0.2, 0.25) is 0 Å². The molecule has 7 heteroatoms. The fourth-order valence-corrected chi connectivity index (χ4v) is 2.53. The highest BCUT2D eigenvalue weighted by Crippen LogP contribution is 2.44. The lowest BCUT2D eigenvalue weighted by molar-refractivity contribution is -0.145. The molecule has 0 aromatic heterocycles. The van der Waals surface area contributed by atoms with Gasteiger partial charge in [-0.25, -0.2) is 4.31 Å². The Morgan fingerprint density at radius 2 is 1.60 bits per heavy atom. The molecule has 15 heavy (non-hydrogen) atoms. The molecule has 1 fully saturated rings. The van der Waals surface area contributed by atoms with Crippen LogP contribution in [-0.2, 0) is 9.59 Å². The first kappa shape index (κ1) is 13.4. The summed E-state index contributed by atoms with van der Waals surface area (Å²) < 4.78 is -0.745. The molecule has 1 aliphatic heterocycles. The van der Waals surface area contributed by atoms with E-state index in [9.17, 15) is 9.59 Å². The van der Waals surface area contributed by atoms with Gasteiger partial charge in [-0.05, 0) is 5.41 Å². The van der Waals surface area contributed by atoms with Crippen LogP contribution in [0.3, 0.4) is 0 Å². The van der Waals surface area contributed by atoms with Crippen molar-refractivity contribution in [1.29, 1.82) is 0 Å². The molecule has 0 radical (unpaired) electrons. The number of halogens is 3. The van der Waals surface area contributed by atoms with Gasteiger partial charge >= 0.3 is 0 Å². The van der Waals surface area contributed by atoms with Gasteiger partial charge in [-0.1, -0.05) is 48.7 Å². The largest absolute Gasteiger partial charge is 0.273 e. The normalized spacial score (nSPS) is 22.1. The van der Waals surface area contributed by atoms with Crippen molar-refractivity contribution in [2.24, 2.45) is 5.41 Å². The van der Waals surface area contributed by atoms with E-state index >= 15 is 0 Å². The Morgan fingerprint density at radius 1 is 1.20 bits per heavy atom. The number of carbonyl (C=O) groups excluding carboxylic acids is 2. The maximum atomic E-state index is 11.6. The lowest BCUT2D eigenvalue weighted by Crippen LogP contribution is -2.43. The van der Waals surface area contributed by atoms with Gasteiger partial charge in [-0.15, -0.1) is 0 Å². The number of alkyl halides is 3. The Bertz CT molecular complexity index is 281. The van der Waals surface area contributed by atoms with Crippen LogP contribution in [0.5, 0.6) is 0 Å². The molecule has 0 unspecified atom stereocenters. The molecule has 1 aliphatic rings. The van der Waals surface area contributed by atoms with Crippen LogP contribution in [0.25, 0.3) is 0 Å². The highest BCUT2D eigenvalue weighted by Gasteiger charge is 2.41. The maximum absolute atomic E-state index is 11.6. The summed E-state index contributed by atoms with van der Waals surface area (Å²) in [6, 6.07) is 0. The van der Waals surface area contributed by atoms with Gasteiger partial charge in [0.1, 0.15) is 0 Å². The van der Waals surface area contributed by atoms with E-state index in [4.69, 9.17) is 34.8 Å². The SMILES string of the molecule is CC1(C)CC(=O)N(SC(Cl)(Cl)Cl)C(=O)C1. The third-order valence-electron chi connectivity index (χ3n) is 1.91. The maximum Gasteiger partial charge on any atom is 0.256 e. The molecule has 0 N–H and O–H groups in total. The molecule has 1 heterocycles. The third-order valence-corrected chi connectivity index (χ3v) is 3.33. The molecule has 0 atom stereocenters. The molecule has 86 valence electrons. The van der Waals surface area contributed by atoms with Gasteiger partial charge in [0.15, 0.2) is 0 Å². The first-order chi connectivity index (χ1) is 6.61. The number of piperidine rings is 1. The van der Waals surface area contributed by atoms with Crippen LogP contribution in [0, 0.1) is 5.41 Å². The van der Waals surface area contributed by atoms with Crippen LogP contribution in [-0.4, -0.2) is 19.2 Å². The minimum absolute atomic E-state index is 0.284. The zero-order valence-electron chi connectivity index (χ0n) is 8.22. The van der Waals surface area contributed by atoms with Crippen molar-refractivity contribution in [3.05, 3.63) is 0 Å². The summed E-state index contributed by atoms with van der Waals surface area (Å²) in [5, 5.41) is 0. The minimum atomic E-state index is -1.69. The van der Waals surface area contributed by atoms with Gasteiger partial charge in [0.2, 0.25) is 11.8 Å². The molecule has 0 aromatic rings. The molecule has 1 saturated heterocycles. The highest BCUT2D eigenvalue weighted by atomic mass is 35.6. The summed E-state index contributed by atoms with van der Waals surface area (Å²) in [7, 11) is 0. The molecule has 1 rings (SSSR count). The number of hydrogen-bond acceptors (Lipinski definition) is 3. The lowest BCUT2D eigenvalue weighted by Gasteiger charge is -2.34. The number of rotatable bonds is 1. The van der Waals surface area contributed by atoms with Crippen LogP contribution < -0.4 is 0 Å². The second-order valence-electron chi connectivity index (χ2n) is 4.14. The smallest absolute Gasteiger partial charge is 0.256 e. The van der Waals surface area contributed by atoms with E-state index < -0.39 is 3.12 Å². The van der Waals surface area contributed by atoms with E-state index in [1.54, 1.807) is 0 Å². The average molecular weight is 291 g/mol. The van der Waals surface area contributed by atoms with Crippen molar-refractivity contribution >= 4 is 58.6 Å². The van der Waals surface area contributed by atoms with Crippen LogP contribution in [0.4, 0.5) is 0 Å². The summed E-state index contributed by atoms with van der Waals surface area (Å²) in [5.41, 5.74) is -0.307. The van der Waals surface area contributed by atoms with Gasteiger partial charge in [0, 0.05) is 24.8 Å². The topological polar surface area (TPSA) is 37.4 Å². The second-order valence-corrected chi connectivity index (χ2v) is 8.25. The van der Waals surface area contributed by atoms with Gasteiger partial charge in [0.25, 0.3) is 3.12 Å². The number of carbonyl (C=O) groups is 2. The highest BCUT2D eigenvalue weighted by molar-refractivity contribution is 8.03. The van der Waals surface area contributed by atoms with Crippen molar-refractivity contribution in [3.63, 3.8) is 0 Å². The quantitative estimate of drug-likeness (QED) is 0.423. The van der Waals surface area contributed by atoms with Gasteiger partial charge in [0.05, 0.1) is 0 Å². The van der Waals surface area contributed by atoms with Crippen molar-refractivity contribution < 1.29 is 9.59 Å². The molecule has 0 saturated carbocycles. The van der Waals surface area contributed by atoms with E-state index in [0.29, 0.717) is 11.9 Å². The number of amides is 2. The van der Waals surface area contributed by atoms with Crippen molar-refractivity contribution in [3.8, 4) is 0 Å². The van der Waals surface area contributed by atoms with Gasteiger partial charge < -0.3 is 0 Å².